The second-order valence-electron chi connectivity index (χ2n) is 3.65. The van der Waals surface area contributed by atoms with Gasteiger partial charge >= 0.3 is 0 Å². The van der Waals surface area contributed by atoms with E-state index in [1.165, 1.54) is 18.4 Å². The van der Waals surface area contributed by atoms with Gasteiger partial charge in [-0.1, -0.05) is 0 Å². The largest absolute Gasteiger partial charge is 0.260 e. The van der Waals surface area contributed by atoms with E-state index < -0.39 is 20.8 Å². The number of aromatic nitrogens is 1. The van der Waals surface area contributed by atoms with Crippen molar-refractivity contribution < 1.29 is 12.6 Å². The van der Waals surface area contributed by atoms with Crippen LogP contribution in [0, 0.1) is 11.3 Å². The van der Waals surface area contributed by atoms with Crippen molar-refractivity contribution in [2.24, 2.45) is 0 Å². The fraction of sp³-hybridized carbons (Fsp3) is 0.400. The first kappa shape index (κ1) is 14.8. The van der Waals surface area contributed by atoms with E-state index in [0.717, 1.165) is 6.20 Å². The molecule has 0 spiro atoms. The van der Waals surface area contributed by atoms with Gasteiger partial charge in [0, 0.05) is 35.0 Å². The van der Waals surface area contributed by atoms with Crippen LogP contribution in [-0.4, -0.2) is 35.7 Å². The van der Waals surface area contributed by atoms with E-state index in [1.54, 1.807) is 13.0 Å². The van der Waals surface area contributed by atoms with E-state index in [0.29, 0.717) is 0 Å². The predicted octanol–water partition coefficient (Wildman–Crippen LogP) is -0.00142. The highest BCUT2D eigenvalue weighted by atomic mass is 32.2. The Labute approximate surface area is 109 Å². The number of hydrogen-bond donors (Lipinski definition) is 1. The number of hydrogen-bond acceptors (Lipinski definition) is 5. The molecule has 1 N–H and O–H groups in total. The van der Waals surface area contributed by atoms with E-state index in [4.69, 9.17) is 5.26 Å². The first-order chi connectivity index (χ1) is 8.36. The summed E-state index contributed by atoms with van der Waals surface area (Å²) in [6, 6.07) is 4.44. The first-order valence-electron chi connectivity index (χ1n) is 5.05. The van der Waals surface area contributed by atoms with Gasteiger partial charge in [0.2, 0.25) is 10.0 Å². The summed E-state index contributed by atoms with van der Waals surface area (Å²) >= 11 is 0. The topological polar surface area (TPSA) is 99.9 Å². The van der Waals surface area contributed by atoms with Crippen LogP contribution in [0.3, 0.4) is 0 Å². The molecule has 0 fully saturated rings. The number of nitrogens with one attached hydrogen (secondary N) is 1. The van der Waals surface area contributed by atoms with Crippen molar-refractivity contribution in [1.29, 1.82) is 5.26 Å². The van der Waals surface area contributed by atoms with Gasteiger partial charge in [-0.15, -0.1) is 0 Å². The SMILES string of the molecule is CC(CNS(=O)(=O)c1ccc(C#N)nc1)S(C)=O. The first-order valence-corrected chi connectivity index (χ1v) is 8.15. The van der Waals surface area contributed by atoms with Gasteiger partial charge in [0.15, 0.2) is 0 Å². The molecule has 18 heavy (non-hydrogen) atoms. The Morgan fingerprint density at radius 1 is 1.56 bits per heavy atom. The van der Waals surface area contributed by atoms with Gasteiger partial charge in [0.05, 0.1) is 0 Å². The molecule has 1 aromatic rings. The maximum absolute atomic E-state index is 11.8. The quantitative estimate of drug-likeness (QED) is 0.821. The third-order valence-corrected chi connectivity index (χ3v) is 5.00. The Bertz CT molecular complexity index is 575. The number of rotatable bonds is 5. The van der Waals surface area contributed by atoms with Crippen molar-refractivity contribution in [2.75, 3.05) is 12.8 Å². The fourth-order valence-corrected chi connectivity index (χ4v) is 2.53. The van der Waals surface area contributed by atoms with Crippen LogP contribution in [0.1, 0.15) is 12.6 Å². The Hall–Kier alpha value is -1.30. The molecular formula is C10H13N3O3S2. The highest BCUT2D eigenvalue weighted by Gasteiger charge is 2.16. The lowest BCUT2D eigenvalue weighted by Crippen LogP contribution is -2.32. The monoisotopic (exact) mass is 287 g/mol. The second kappa shape index (κ2) is 6.04. The van der Waals surface area contributed by atoms with E-state index in [1.807, 2.05) is 0 Å². The van der Waals surface area contributed by atoms with E-state index >= 15 is 0 Å². The molecule has 0 aliphatic carbocycles. The third-order valence-electron chi connectivity index (χ3n) is 2.29. The molecule has 2 atom stereocenters. The lowest BCUT2D eigenvalue weighted by Gasteiger charge is -2.10. The second-order valence-corrected chi connectivity index (χ2v) is 7.22. The number of nitrogens with zero attached hydrogens (tertiary/aromatic N) is 2. The zero-order valence-corrected chi connectivity index (χ0v) is 11.6. The van der Waals surface area contributed by atoms with Gasteiger partial charge in [-0.25, -0.2) is 18.1 Å². The summed E-state index contributed by atoms with van der Waals surface area (Å²) in [7, 11) is -4.76. The summed E-state index contributed by atoms with van der Waals surface area (Å²) in [4.78, 5) is 3.67. The zero-order chi connectivity index (χ0) is 13.8. The van der Waals surface area contributed by atoms with Crippen molar-refractivity contribution >= 4 is 20.8 Å². The maximum Gasteiger partial charge on any atom is 0.242 e. The molecule has 1 heterocycles. The van der Waals surface area contributed by atoms with E-state index in [9.17, 15) is 12.6 Å². The summed E-state index contributed by atoms with van der Waals surface area (Å²) < 4.78 is 37.1. The lowest BCUT2D eigenvalue weighted by atomic mass is 10.4. The average Bonchev–Trinajstić information content (AvgIpc) is 2.36. The fourth-order valence-electron chi connectivity index (χ4n) is 1.03. The summed E-state index contributed by atoms with van der Waals surface area (Å²) in [5.74, 6) is 0. The highest BCUT2D eigenvalue weighted by molar-refractivity contribution is 7.89. The number of pyridine rings is 1. The third kappa shape index (κ3) is 3.87. The van der Waals surface area contributed by atoms with E-state index in [-0.39, 0.29) is 22.4 Å². The summed E-state index contributed by atoms with van der Waals surface area (Å²) in [5, 5.41) is 8.29. The van der Waals surface area contributed by atoms with Crippen LogP contribution in [0.25, 0.3) is 0 Å². The molecule has 0 amide bonds. The maximum atomic E-state index is 11.8. The molecule has 0 saturated heterocycles. The molecule has 2 unspecified atom stereocenters. The van der Waals surface area contributed by atoms with Crippen molar-refractivity contribution in [3.63, 3.8) is 0 Å². The minimum Gasteiger partial charge on any atom is -0.260 e. The van der Waals surface area contributed by atoms with Gasteiger partial charge in [0.1, 0.15) is 16.7 Å². The molecule has 98 valence electrons. The van der Waals surface area contributed by atoms with Crippen molar-refractivity contribution in [3.8, 4) is 6.07 Å². The molecule has 0 aromatic carbocycles. The van der Waals surface area contributed by atoms with Gasteiger partial charge < -0.3 is 0 Å². The molecule has 6 nitrogen and oxygen atoms in total. The lowest BCUT2D eigenvalue weighted by molar-refractivity contribution is 0.580. The molecular weight excluding hydrogens is 274 g/mol. The Kier molecular flexibility index (Phi) is 4.95. The van der Waals surface area contributed by atoms with Gasteiger partial charge in [-0.2, -0.15) is 5.26 Å². The van der Waals surface area contributed by atoms with Crippen LogP contribution in [-0.2, 0) is 20.8 Å². The molecule has 0 aliphatic heterocycles. The van der Waals surface area contributed by atoms with Crippen molar-refractivity contribution in [2.45, 2.75) is 17.1 Å². The molecule has 0 aliphatic rings. The van der Waals surface area contributed by atoms with Crippen LogP contribution >= 0.6 is 0 Å². The number of sulfonamides is 1. The predicted molar refractivity (Wildman–Crippen MR) is 67.7 cm³/mol. The minimum atomic E-state index is -3.67. The van der Waals surface area contributed by atoms with Gasteiger partial charge in [-0.05, 0) is 19.1 Å². The van der Waals surface area contributed by atoms with Crippen LogP contribution in [0.2, 0.25) is 0 Å². The Morgan fingerprint density at radius 3 is 2.67 bits per heavy atom. The van der Waals surface area contributed by atoms with Gasteiger partial charge in [-0.3, -0.25) is 4.21 Å². The van der Waals surface area contributed by atoms with Crippen LogP contribution in [0.4, 0.5) is 0 Å². The average molecular weight is 287 g/mol. The smallest absolute Gasteiger partial charge is 0.242 e. The molecule has 0 saturated carbocycles. The van der Waals surface area contributed by atoms with E-state index in [2.05, 4.69) is 9.71 Å². The standard InChI is InChI=1S/C10H13N3O3S2/c1-8(17(2)14)6-13-18(15,16)10-4-3-9(5-11)12-7-10/h3-4,7-8,13H,6H2,1-2H3. The number of nitriles is 1. The Balaban J connectivity index is 2.80. The Morgan fingerprint density at radius 2 is 2.22 bits per heavy atom. The van der Waals surface area contributed by atoms with Crippen LogP contribution in [0.15, 0.2) is 23.2 Å². The summed E-state index contributed by atoms with van der Waals surface area (Å²) in [5.41, 5.74) is 0.150. The molecule has 0 bridgehead atoms. The van der Waals surface area contributed by atoms with Crippen LogP contribution in [0.5, 0.6) is 0 Å². The van der Waals surface area contributed by atoms with Crippen LogP contribution < -0.4 is 4.72 Å². The summed E-state index contributed by atoms with van der Waals surface area (Å²) in [6.45, 7) is 1.78. The highest BCUT2D eigenvalue weighted by Crippen LogP contribution is 2.07. The normalized spacial score (nSPS) is 14.7. The van der Waals surface area contributed by atoms with Crippen molar-refractivity contribution in [1.82, 2.24) is 9.71 Å². The zero-order valence-electron chi connectivity index (χ0n) is 9.95. The summed E-state index contributed by atoms with van der Waals surface area (Å²) in [6.07, 6.45) is 2.64. The van der Waals surface area contributed by atoms with Gasteiger partial charge in [0.25, 0.3) is 0 Å². The molecule has 0 radical (unpaired) electrons. The molecule has 8 heteroatoms. The molecule has 1 rings (SSSR count). The van der Waals surface area contributed by atoms with Crippen molar-refractivity contribution in [3.05, 3.63) is 24.0 Å². The minimum absolute atomic E-state index is 0.0180. The molecule has 1 aromatic heterocycles.